The highest BCUT2D eigenvalue weighted by Gasteiger charge is 2.45. The van der Waals surface area contributed by atoms with Crippen LogP contribution in [-0.4, -0.2) is 46.5 Å². The summed E-state index contributed by atoms with van der Waals surface area (Å²) >= 11 is 5.54. The van der Waals surface area contributed by atoms with E-state index in [9.17, 15) is 19.2 Å². The average Bonchev–Trinajstić information content (AvgIpc) is 3.09. The number of hydrogen-bond acceptors (Lipinski definition) is 6. The third-order valence-corrected chi connectivity index (χ3v) is 5.92. The maximum absolute atomic E-state index is 13.4. The Bertz CT molecular complexity index is 1110. The van der Waals surface area contributed by atoms with Crippen LogP contribution in [0.2, 0.25) is 0 Å². The van der Waals surface area contributed by atoms with Crippen molar-refractivity contribution in [3.63, 3.8) is 0 Å². The lowest BCUT2D eigenvalue weighted by atomic mass is 10.1. The van der Waals surface area contributed by atoms with Crippen LogP contribution in [-0.2, 0) is 19.1 Å². The van der Waals surface area contributed by atoms with E-state index in [0.717, 1.165) is 12.8 Å². The van der Waals surface area contributed by atoms with Crippen molar-refractivity contribution in [2.75, 3.05) is 16.8 Å². The molecule has 2 aromatic carbocycles. The van der Waals surface area contributed by atoms with Crippen molar-refractivity contribution < 1.29 is 23.9 Å². The van der Waals surface area contributed by atoms with Gasteiger partial charge in [-0.1, -0.05) is 38.0 Å². The van der Waals surface area contributed by atoms with Gasteiger partial charge in [0, 0.05) is 12.1 Å². The Morgan fingerprint density at radius 1 is 0.972 bits per heavy atom. The van der Waals surface area contributed by atoms with E-state index in [0.29, 0.717) is 23.4 Å². The van der Waals surface area contributed by atoms with E-state index in [4.69, 9.17) is 17.0 Å². The van der Waals surface area contributed by atoms with Gasteiger partial charge in [0.05, 0.1) is 24.3 Å². The fourth-order valence-electron chi connectivity index (χ4n) is 3.73. The highest BCUT2D eigenvalue weighted by atomic mass is 32.1. The van der Waals surface area contributed by atoms with Crippen LogP contribution in [0, 0.1) is 0 Å². The highest BCUT2D eigenvalue weighted by Crippen LogP contribution is 2.26. The largest absolute Gasteiger partial charge is 0.462 e. The van der Waals surface area contributed by atoms with Crippen LogP contribution in [0.1, 0.15) is 56.3 Å². The molecule has 3 amide bonds. The minimum Gasteiger partial charge on any atom is -0.462 e. The third-order valence-electron chi connectivity index (χ3n) is 5.54. The first-order valence-corrected chi connectivity index (χ1v) is 12.3. The van der Waals surface area contributed by atoms with Gasteiger partial charge in [-0.15, -0.1) is 0 Å². The fourth-order valence-corrected chi connectivity index (χ4v) is 4.10. The molecule has 2 N–H and O–H groups in total. The zero-order valence-corrected chi connectivity index (χ0v) is 21.2. The standard InChI is InChI=1S/C26H30N4O5S/c1-3-5-7-12-22(31)28-30-21(24(33)29(26(30)36)20-10-8-6-9-11-20)17-23(32)27-19-15-13-18(14-16-19)25(34)35-4-2/h6,8-11,13-16,21H,3-5,7,12,17H2,1-2H3,(H,27,32)(H,28,31). The van der Waals surface area contributed by atoms with Crippen LogP contribution in [0.25, 0.3) is 0 Å². The van der Waals surface area contributed by atoms with Gasteiger partial charge in [-0.05, 0) is 62.0 Å². The van der Waals surface area contributed by atoms with Crippen molar-refractivity contribution >= 4 is 52.4 Å². The number of carbonyl (C=O) groups is 4. The predicted octanol–water partition coefficient (Wildman–Crippen LogP) is 3.81. The lowest BCUT2D eigenvalue weighted by molar-refractivity contribution is -0.129. The SMILES string of the molecule is CCCCCC(=O)NN1C(=S)N(c2ccccc2)C(=O)C1CC(=O)Nc1ccc(C(=O)OCC)cc1. The topological polar surface area (TPSA) is 108 Å². The van der Waals surface area contributed by atoms with E-state index in [1.165, 1.54) is 9.91 Å². The Hall–Kier alpha value is -3.79. The van der Waals surface area contributed by atoms with Gasteiger partial charge < -0.3 is 10.1 Å². The van der Waals surface area contributed by atoms with E-state index < -0.39 is 23.8 Å². The first kappa shape index (κ1) is 26.8. The van der Waals surface area contributed by atoms with Crippen LogP contribution < -0.4 is 15.6 Å². The first-order chi connectivity index (χ1) is 17.3. The number of amides is 3. The highest BCUT2D eigenvalue weighted by molar-refractivity contribution is 7.80. The number of benzene rings is 2. The second-order valence-corrected chi connectivity index (χ2v) is 8.58. The molecule has 0 bridgehead atoms. The quantitative estimate of drug-likeness (QED) is 0.269. The molecule has 10 heteroatoms. The van der Waals surface area contributed by atoms with Gasteiger partial charge in [0.1, 0.15) is 6.04 Å². The summed E-state index contributed by atoms with van der Waals surface area (Å²) in [4.78, 5) is 51.9. The lowest BCUT2D eigenvalue weighted by Crippen LogP contribution is -2.49. The number of esters is 1. The average molecular weight is 511 g/mol. The summed E-state index contributed by atoms with van der Waals surface area (Å²) in [7, 11) is 0. The number of thiocarbonyl (C=S) groups is 1. The number of ether oxygens (including phenoxy) is 1. The summed E-state index contributed by atoms with van der Waals surface area (Å²) in [6.07, 6.45) is 2.65. The molecule has 1 saturated heterocycles. The van der Waals surface area contributed by atoms with Gasteiger partial charge in [0.15, 0.2) is 0 Å². The second-order valence-electron chi connectivity index (χ2n) is 8.22. The van der Waals surface area contributed by atoms with E-state index in [-0.39, 0.29) is 30.5 Å². The maximum atomic E-state index is 13.4. The molecule has 0 aromatic heterocycles. The number of carbonyl (C=O) groups excluding carboxylic acids is 4. The molecule has 3 rings (SSSR count). The predicted molar refractivity (Wildman–Crippen MR) is 140 cm³/mol. The van der Waals surface area contributed by atoms with Crippen molar-refractivity contribution in [3.8, 4) is 0 Å². The Balaban J connectivity index is 1.74. The Labute approximate surface area is 215 Å². The van der Waals surface area contributed by atoms with Crippen LogP contribution in [0.4, 0.5) is 11.4 Å². The number of nitrogens with one attached hydrogen (secondary N) is 2. The molecule has 0 radical (unpaired) electrons. The van der Waals surface area contributed by atoms with E-state index in [2.05, 4.69) is 10.7 Å². The van der Waals surface area contributed by atoms with Gasteiger partial charge in [-0.3, -0.25) is 24.7 Å². The summed E-state index contributed by atoms with van der Waals surface area (Å²) in [5.41, 5.74) is 4.10. The molecular formula is C26H30N4O5S. The molecule has 0 saturated carbocycles. The molecule has 190 valence electrons. The summed E-state index contributed by atoms with van der Waals surface area (Å²) < 4.78 is 4.96. The Morgan fingerprint density at radius 2 is 1.67 bits per heavy atom. The second kappa shape index (κ2) is 12.8. The van der Waals surface area contributed by atoms with Gasteiger partial charge in [0.25, 0.3) is 5.91 Å². The van der Waals surface area contributed by atoms with Gasteiger partial charge in [-0.2, -0.15) is 0 Å². The minimum atomic E-state index is -1.01. The normalized spacial score (nSPS) is 15.1. The third kappa shape index (κ3) is 6.66. The monoisotopic (exact) mass is 510 g/mol. The molecule has 1 unspecified atom stereocenters. The van der Waals surface area contributed by atoms with Crippen molar-refractivity contribution in [2.24, 2.45) is 0 Å². The summed E-state index contributed by atoms with van der Waals surface area (Å²) in [5, 5.41) is 4.14. The molecule has 1 fully saturated rings. The molecule has 9 nitrogen and oxygen atoms in total. The summed E-state index contributed by atoms with van der Waals surface area (Å²) in [6, 6.07) is 14.1. The zero-order chi connectivity index (χ0) is 26.1. The molecular weight excluding hydrogens is 480 g/mol. The number of nitrogens with zero attached hydrogens (tertiary/aromatic N) is 2. The maximum Gasteiger partial charge on any atom is 0.338 e. The number of hydrogen-bond donors (Lipinski definition) is 2. The van der Waals surface area contributed by atoms with Crippen LogP contribution in [0.15, 0.2) is 54.6 Å². The molecule has 1 aliphatic rings. The number of anilines is 2. The van der Waals surface area contributed by atoms with Crippen molar-refractivity contribution in [1.29, 1.82) is 0 Å². The molecule has 1 heterocycles. The summed E-state index contributed by atoms with van der Waals surface area (Å²) in [6.45, 7) is 4.03. The first-order valence-electron chi connectivity index (χ1n) is 11.9. The molecule has 2 aromatic rings. The van der Waals surface area contributed by atoms with Crippen LogP contribution >= 0.6 is 12.2 Å². The van der Waals surface area contributed by atoms with Crippen molar-refractivity contribution in [2.45, 2.75) is 52.0 Å². The van der Waals surface area contributed by atoms with Gasteiger partial charge in [-0.25, -0.2) is 9.80 Å². The van der Waals surface area contributed by atoms with Crippen molar-refractivity contribution in [1.82, 2.24) is 10.4 Å². The fraction of sp³-hybridized carbons (Fsp3) is 0.346. The number of unbranched alkanes of at least 4 members (excludes halogenated alkanes) is 2. The smallest absolute Gasteiger partial charge is 0.338 e. The van der Waals surface area contributed by atoms with E-state index in [1.54, 1.807) is 55.5 Å². The minimum absolute atomic E-state index is 0.103. The lowest BCUT2D eigenvalue weighted by Gasteiger charge is -2.24. The molecule has 1 aliphatic heterocycles. The Morgan fingerprint density at radius 3 is 2.31 bits per heavy atom. The Kier molecular flexibility index (Phi) is 9.52. The molecule has 0 aliphatic carbocycles. The van der Waals surface area contributed by atoms with Crippen molar-refractivity contribution in [3.05, 3.63) is 60.2 Å². The summed E-state index contributed by atoms with van der Waals surface area (Å²) in [5.74, 6) is -1.58. The van der Waals surface area contributed by atoms with E-state index >= 15 is 0 Å². The van der Waals surface area contributed by atoms with E-state index in [1.807, 2.05) is 13.0 Å². The zero-order valence-electron chi connectivity index (χ0n) is 20.4. The number of rotatable bonds is 11. The molecule has 1 atom stereocenters. The van der Waals surface area contributed by atoms with Gasteiger partial charge >= 0.3 is 5.97 Å². The number of hydrazine groups is 1. The molecule has 0 spiro atoms. The van der Waals surface area contributed by atoms with Crippen LogP contribution in [0.3, 0.4) is 0 Å². The molecule has 36 heavy (non-hydrogen) atoms. The van der Waals surface area contributed by atoms with Crippen LogP contribution in [0.5, 0.6) is 0 Å². The van der Waals surface area contributed by atoms with Gasteiger partial charge in [0.2, 0.25) is 16.9 Å². The number of para-hydroxylation sites is 1.